The molecule has 0 saturated carbocycles. The van der Waals surface area contributed by atoms with E-state index in [2.05, 4.69) is 11.2 Å². The van der Waals surface area contributed by atoms with Gasteiger partial charge in [0, 0.05) is 12.6 Å². The number of hydrogen-bond acceptors (Lipinski definition) is 7. The zero-order chi connectivity index (χ0) is 24.7. The maximum Gasteiger partial charge on any atom is 0.229 e. The molecule has 0 amide bonds. The van der Waals surface area contributed by atoms with Gasteiger partial charge >= 0.3 is 0 Å². The number of rotatable bonds is 5. The van der Waals surface area contributed by atoms with Gasteiger partial charge in [-0.15, -0.1) is 0 Å². The summed E-state index contributed by atoms with van der Waals surface area (Å²) in [6.45, 7) is 1.92. The molecule has 1 aliphatic heterocycles. The van der Waals surface area contributed by atoms with E-state index in [0.717, 1.165) is 17.1 Å². The average molecular weight is 469 g/mol. The Balaban J connectivity index is 1.88. The number of hydrogen-bond donors (Lipinski definition) is 1. The molecular weight excluding hydrogens is 444 g/mol. The van der Waals surface area contributed by atoms with Crippen LogP contribution in [0, 0.1) is 18.3 Å². The number of aryl methyl sites for hydroxylation is 2. The minimum absolute atomic E-state index is 0.0136. The first kappa shape index (κ1) is 22.1. The second kappa shape index (κ2) is 8.57. The number of para-hydroxylation sites is 2. The van der Waals surface area contributed by atoms with Crippen LogP contribution in [0.2, 0.25) is 0 Å². The summed E-state index contributed by atoms with van der Waals surface area (Å²) in [6.07, 6.45) is 0. The van der Waals surface area contributed by atoms with Gasteiger partial charge in [0.25, 0.3) is 0 Å². The van der Waals surface area contributed by atoms with Crippen LogP contribution in [0.25, 0.3) is 17.1 Å². The van der Waals surface area contributed by atoms with Crippen LogP contribution in [0.3, 0.4) is 0 Å². The highest BCUT2D eigenvalue weighted by Crippen LogP contribution is 2.50. The molecule has 1 aliphatic rings. The van der Waals surface area contributed by atoms with Crippen molar-refractivity contribution in [3.63, 3.8) is 0 Å². The number of ether oxygens (including phenoxy) is 3. The molecule has 0 fully saturated rings. The number of aromatic nitrogens is 4. The quantitative estimate of drug-likeness (QED) is 0.474. The summed E-state index contributed by atoms with van der Waals surface area (Å²) in [5.41, 5.74) is 11.0. The Morgan fingerprint density at radius 3 is 2.46 bits per heavy atom. The molecule has 9 nitrogen and oxygen atoms in total. The molecule has 0 bridgehead atoms. The van der Waals surface area contributed by atoms with Crippen LogP contribution in [-0.4, -0.2) is 33.8 Å². The maximum absolute atomic E-state index is 10.2. The zero-order valence-electron chi connectivity index (χ0n) is 19.8. The smallest absolute Gasteiger partial charge is 0.229 e. The Bertz CT molecular complexity index is 1490. The van der Waals surface area contributed by atoms with Crippen molar-refractivity contribution in [2.75, 3.05) is 14.2 Å². The number of benzene rings is 2. The molecule has 0 radical (unpaired) electrons. The second-order valence-electron chi connectivity index (χ2n) is 8.12. The van der Waals surface area contributed by atoms with Crippen molar-refractivity contribution in [2.24, 2.45) is 12.8 Å². The molecule has 1 atom stereocenters. The van der Waals surface area contributed by atoms with Crippen LogP contribution in [0.5, 0.6) is 17.4 Å². The molecule has 0 saturated heterocycles. The highest BCUT2D eigenvalue weighted by atomic mass is 16.5. The van der Waals surface area contributed by atoms with Crippen molar-refractivity contribution in [2.45, 2.75) is 12.8 Å². The van der Waals surface area contributed by atoms with E-state index < -0.39 is 5.92 Å². The molecule has 2 N–H and O–H groups in total. The lowest BCUT2D eigenvalue weighted by Gasteiger charge is -2.26. The lowest BCUT2D eigenvalue weighted by Crippen LogP contribution is -2.22. The van der Waals surface area contributed by atoms with Gasteiger partial charge in [-0.1, -0.05) is 30.3 Å². The van der Waals surface area contributed by atoms with E-state index in [-0.39, 0.29) is 11.5 Å². The van der Waals surface area contributed by atoms with Crippen LogP contribution in [0.1, 0.15) is 22.7 Å². The van der Waals surface area contributed by atoms with E-state index in [9.17, 15) is 5.26 Å². The largest absolute Gasteiger partial charge is 0.493 e. The van der Waals surface area contributed by atoms with Crippen LogP contribution in [0.4, 0.5) is 0 Å². The molecule has 9 heteroatoms. The molecular formula is C26H24N6O3. The van der Waals surface area contributed by atoms with Crippen molar-refractivity contribution < 1.29 is 14.2 Å². The molecule has 0 spiro atoms. The summed E-state index contributed by atoms with van der Waals surface area (Å²) < 4.78 is 20.8. The molecule has 176 valence electrons. The topological polar surface area (TPSA) is 113 Å². The fourth-order valence-corrected chi connectivity index (χ4v) is 4.55. The minimum atomic E-state index is -0.614. The van der Waals surface area contributed by atoms with Crippen molar-refractivity contribution in [1.29, 1.82) is 5.26 Å². The van der Waals surface area contributed by atoms with Crippen LogP contribution in [0.15, 0.2) is 66.1 Å². The van der Waals surface area contributed by atoms with Crippen LogP contribution in [-0.2, 0) is 7.05 Å². The van der Waals surface area contributed by atoms with Gasteiger partial charge in [0.15, 0.2) is 11.5 Å². The fourth-order valence-electron chi connectivity index (χ4n) is 4.55. The summed E-state index contributed by atoms with van der Waals surface area (Å²) in [7, 11) is 5.00. The Morgan fingerprint density at radius 2 is 1.83 bits per heavy atom. The van der Waals surface area contributed by atoms with Gasteiger partial charge in [-0.05, 0) is 31.2 Å². The first-order chi connectivity index (χ1) is 17.0. The summed E-state index contributed by atoms with van der Waals surface area (Å²) in [6, 6.07) is 19.4. The molecule has 0 unspecified atom stereocenters. The first-order valence-electron chi connectivity index (χ1n) is 11.0. The van der Waals surface area contributed by atoms with Gasteiger partial charge in [-0.3, -0.25) is 4.68 Å². The molecule has 2 aromatic heterocycles. The van der Waals surface area contributed by atoms with Gasteiger partial charge in [0.05, 0.1) is 42.8 Å². The molecule has 3 heterocycles. The second-order valence-corrected chi connectivity index (χ2v) is 8.12. The Kier molecular flexibility index (Phi) is 5.41. The van der Waals surface area contributed by atoms with Gasteiger partial charge < -0.3 is 19.9 Å². The highest BCUT2D eigenvalue weighted by molar-refractivity contribution is 5.72. The summed E-state index contributed by atoms with van der Waals surface area (Å²) >= 11 is 0. The summed E-state index contributed by atoms with van der Waals surface area (Å²) in [5, 5.41) is 19.6. The third kappa shape index (κ3) is 3.47. The summed E-state index contributed by atoms with van der Waals surface area (Å²) in [4.78, 5) is 0. The lowest BCUT2D eigenvalue weighted by molar-refractivity contribution is 0.346. The average Bonchev–Trinajstić information content (AvgIpc) is 3.41. The summed E-state index contributed by atoms with van der Waals surface area (Å²) in [5.74, 6) is 0.878. The SMILES string of the molecule is COc1cccc([C@H]2C(C#N)=C(N)Oc3c2c(-c2cc(C)nn2C)nn3-c2ccccc2)c1OC. The number of allylic oxidation sites excluding steroid dienone is 1. The highest BCUT2D eigenvalue weighted by Gasteiger charge is 2.40. The van der Waals surface area contributed by atoms with Gasteiger partial charge in [0.2, 0.25) is 11.8 Å². The minimum Gasteiger partial charge on any atom is -0.493 e. The van der Waals surface area contributed by atoms with Crippen LogP contribution >= 0.6 is 0 Å². The third-order valence-electron chi connectivity index (χ3n) is 6.04. The Hall–Kier alpha value is -4.71. The molecule has 0 aliphatic carbocycles. The van der Waals surface area contributed by atoms with E-state index in [4.69, 9.17) is 25.0 Å². The van der Waals surface area contributed by atoms with E-state index in [1.54, 1.807) is 29.6 Å². The van der Waals surface area contributed by atoms with Crippen molar-refractivity contribution in [3.8, 4) is 40.5 Å². The first-order valence-corrected chi connectivity index (χ1v) is 11.0. The number of nitrogens with zero attached hydrogens (tertiary/aromatic N) is 5. The Morgan fingerprint density at radius 1 is 1.06 bits per heavy atom. The third-order valence-corrected chi connectivity index (χ3v) is 6.04. The van der Waals surface area contributed by atoms with Gasteiger partial charge in [-0.25, -0.2) is 0 Å². The van der Waals surface area contributed by atoms with Crippen molar-refractivity contribution in [1.82, 2.24) is 19.6 Å². The predicted octanol–water partition coefficient (Wildman–Crippen LogP) is 3.82. The van der Waals surface area contributed by atoms with Gasteiger partial charge in [-0.2, -0.15) is 20.1 Å². The molecule has 35 heavy (non-hydrogen) atoms. The van der Waals surface area contributed by atoms with Crippen LogP contribution < -0.4 is 19.9 Å². The molecule has 4 aromatic rings. The van der Waals surface area contributed by atoms with Crippen molar-refractivity contribution >= 4 is 0 Å². The molecule has 2 aromatic carbocycles. The molecule has 5 rings (SSSR count). The monoisotopic (exact) mass is 468 g/mol. The predicted molar refractivity (Wildman–Crippen MR) is 129 cm³/mol. The van der Waals surface area contributed by atoms with E-state index in [1.807, 2.05) is 62.5 Å². The number of fused-ring (bicyclic) bond motifs is 1. The zero-order valence-corrected chi connectivity index (χ0v) is 19.8. The maximum atomic E-state index is 10.2. The number of nitriles is 1. The number of methoxy groups -OCH3 is 2. The lowest BCUT2D eigenvalue weighted by atomic mass is 9.83. The Labute approximate surface area is 202 Å². The van der Waals surface area contributed by atoms with E-state index >= 15 is 0 Å². The van der Waals surface area contributed by atoms with E-state index in [1.165, 1.54) is 0 Å². The number of nitrogens with two attached hydrogens (primary N) is 1. The standard InChI is InChI=1S/C26H24N6O3/c1-15-13-19(31(2)29-15)23-22-21(17-11-8-12-20(33-3)24(17)34-4)18(14-27)25(28)35-26(22)32(30-23)16-9-6-5-7-10-16/h5-13,21H,28H2,1-4H3/t21-/m0/s1. The van der Waals surface area contributed by atoms with Gasteiger partial charge in [0.1, 0.15) is 17.3 Å². The normalized spacial score (nSPS) is 14.8. The fraction of sp³-hybridized carbons (Fsp3) is 0.192. The van der Waals surface area contributed by atoms with Crippen molar-refractivity contribution in [3.05, 3.63) is 82.9 Å². The van der Waals surface area contributed by atoms with E-state index in [0.29, 0.717) is 34.2 Å².